The summed E-state index contributed by atoms with van der Waals surface area (Å²) in [6, 6.07) is 18.0. The van der Waals surface area contributed by atoms with Crippen LogP contribution in [0.3, 0.4) is 0 Å². The van der Waals surface area contributed by atoms with Crippen molar-refractivity contribution in [2.24, 2.45) is 0 Å². The molecule has 0 unspecified atom stereocenters. The van der Waals surface area contributed by atoms with Crippen LogP contribution in [-0.4, -0.2) is 30.7 Å². The summed E-state index contributed by atoms with van der Waals surface area (Å²) >= 11 is 0. The molecule has 27 heavy (non-hydrogen) atoms. The number of amides is 1. The zero-order valence-electron chi connectivity index (χ0n) is 14.7. The Hall–Kier alpha value is -3.22. The van der Waals surface area contributed by atoms with Crippen molar-refractivity contribution in [3.63, 3.8) is 0 Å². The van der Waals surface area contributed by atoms with E-state index < -0.39 is 18.3 Å². The fraction of sp³-hybridized carbons (Fsp3) is 0.286. The molecule has 1 amide bonds. The molecule has 1 fully saturated rings. The van der Waals surface area contributed by atoms with Crippen molar-refractivity contribution < 1.29 is 9.18 Å². The Kier molecular flexibility index (Phi) is 5.80. The van der Waals surface area contributed by atoms with Crippen LogP contribution in [-0.2, 0) is 11.2 Å². The van der Waals surface area contributed by atoms with Crippen molar-refractivity contribution in [1.82, 2.24) is 10.6 Å². The second kappa shape index (κ2) is 8.44. The third kappa shape index (κ3) is 4.69. The van der Waals surface area contributed by atoms with Gasteiger partial charge in [0.25, 0.3) is 0 Å². The first-order valence-electron chi connectivity index (χ1n) is 8.76. The van der Waals surface area contributed by atoms with Gasteiger partial charge in [-0.1, -0.05) is 36.4 Å². The number of alkyl halides is 1. The topological polar surface area (TPSA) is 88.7 Å². The summed E-state index contributed by atoms with van der Waals surface area (Å²) in [5, 5.41) is 23.7. The van der Waals surface area contributed by atoms with Crippen molar-refractivity contribution >= 4 is 5.91 Å². The first-order valence-corrected chi connectivity index (χ1v) is 8.76. The molecule has 0 bridgehead atoms. The zero-order valence-corrected chi connectivity index (χ0v) is 14.7. The first kappa shape index (κ1) is 18.6. The minimum atomic E-state index is -1.02. The fourth-order valence-electron chi connectivity index (χ4n) is 3.10. The SMILES string of the molecule is N#Cc1ccc(-c2ccc(C[C@@H](C#N)NC(=O)[C@@H]3C[C@@H](F)CN3)cc2)cc1. The summed E-state index contributed by atoms with van der Waals surface area (Å²) in [5.74, 6) is -0.337. The van der Waals surface area contributed by atoms with Crippen LogP contribution in [0.5, 0.6) is 0 Å². The molecular weight excluding hydrogens is 343 g/mol. The molecule has 0 saturated carbocycles. The van der Waals surface area contributed by atoms with E-state index in [1.54, 1.807) is 12.1 Å². The van der Waals surface area contributed by atoms with E-state index in [1.165, 1.54) is 0 Å². The van der Waals surface area contributed by atoms with Crippen LogP contribution in [0.25, 0.3) is 11.1 Å². The molecule has 0 aromatic heterocycles. The summed E-state index contributed by atoms with van der Waals surface area (Å²) in [7, 11) is 0. The minimum Gasteiger partial charge on any atom is -0.339 e. The van der Waals surface area contributed by atoms with E-state index >= 15 is 0 Å². The molecule has 1 saturated heterocycles. The standard InChI is InChI=1S/C21H19FN4O/c22-18-10-20(25-13-18)21(27)26-19(12-24)9-14-1-5-16(6-2-14)17-7-3-15(11-23)4-8-17/h1-8,18-20,25H,9-10,13H2,(H,26,27)/t18-,19+,20+/m1/s1. The van der Waals surface area contributed by atoms with Crippen LogP contribution in [0.2, 0.25) is 0 Å². The largest absolute Gasteiger partial charge is 0.339 e. The second-order valence-corrected chi connectivity index (χ2v) is 6.57. The lowest BCUT2D eigenvalue weighted by Crippen LogP contribution is -2.45. The zero-order chi connectivity index (χ0) is 19.2. The van der Waals surface area contributed by atoms with Gasteiger partial charge >= 0.3 is 0 Å². The molecule has 5 nitrogen and oxygen atoms in total. The molecule has 1 heterocycles. The van der Waals surface area contributed by atoms with Crippen molar-refractivity contribution in [3.05, 3.63) is 59.7 Å². The van der Waals surface area contributed by atoms with Crippen LogP contribution in [0.15, 0.2) is 48.5 Å². The van der Waals surface area contributed by atoms with Gasteiger partial charge in [0.15, 0.2) is 0 Å². The molecule has 3 rings (SSSR count). The highest BCUT2D eigenvalue weighted by Crippen LogP contribution is 2.21. The molecule has 0 radical (unpaired) electrons. The summed E-state index contributed by atoms with van der Waals surface area (Å²) in [5.41, 5.74) is 3.53. The highest BCUT2D eigenvalue weighted by molar-refractivity contribution is 5.82. The Balaban J connectivity index is 1.61. The average molecular weight is 362 g/mol. The molecule has 6 heteroatoms. The van der Waals surface area contributed by atoms with Crippen molar-refractivity contribution in [3.8, 4) is 23.3 Å². The Labute approximate surface area is 157 Å². The number of nitrogens with zero attached hydrogens (tertiary/aromatic N) is 2. The maximum atomic E-state index is 13.2. The van der Waals surface area contributed by atoms with Crippen LogP contribution in [0, 0.1) is 22.7 Å². The molecule has 2 N–H and O–H groups in total. The Bertz CT molecular complexity index is 880. The normalized spacial score (nSPS) is 19.7. The number of hydrogen-bond acceptors (Lipinski definition) is 4. The van der Waals surface area contributed by atoms with Gasteiger partial charge in [-0.05, 0) is 28.8 Å². The summed E-state index contributed by atoms with van der Waals surface area (Å²) in [6.45, 7) is 0.173. The summed E-state index contributed by atoms with van der Waals surface area (Å²) in [6.07, 6.45) is -0.499. The number of halogens is 1. The van der Waals surface area contributed by atoms with Gasteiger partial charge < -0.3 is 10.6 Å². The van der Waals surface area contributed by atoms with Gasteiger partial charge in [0.2, 0.25) is 5.91 Å². The first-order chi connectivity index (χ1) is 13.1. The van der Waals surface area contributed by atoms with Crippen LogP contribution < -0.4 is 10.6 Å². The number of carbonyl (C=O) groups excluding carboxylic acids is 1. The van der Waals surface area contributed by atoms with Gasteiger partial charge in [-0.2, -0.15) is 10.5 Å². The average Bonchev–Trinajstić information content (AvgIpc) is 3.14. The molecule has 1 aliphatic rings. The lowest BCUT2D eigenvalue weighted by Gasteiger charge is -2.15. The Morgan fingerprint density at radius 3 is 2.30 bits per heavy atom. The fourth-order valence-corrected chi connectivity index (χ4v) is 3.10. The third-order valence-electron chi connectivity index (χ3n) is 4.61. The van der Waals surface area contributed by atoms with Crippen molar-refractivity contribution in [1.29, 1.82) is 10.5 Å². The van der Waals surface area contributed by atoms with Gasteiger partial charge in [0.1, 0.15) is 12.2 Å². The molecule has 2 aromatic rings. The van der Waals surface area contributed by atoms with E-state index in [0.717, 1.165) is 16.7 Å². The molecule has 136 valence electrons. The predicted molar refractivity (Wildman–Crippen MR) is 99.1 cm³/mol. The molecule has 1 aliphatic heterocycles. The predicted octanol–water partition coefficient (Wildman–Crippen LogP) is 2.48. The van der Waals surface area contributed by atoms with Gasteiger partial charge in [0.05, 0.1) is 23.7 Å². The van der Waals surface area contributed by atoms with E-state index in [4.69, 9.17) is 5.26 Å². The van der Waals surface area contributed by atoms with Gasteiger partial charge in [-0.15, -0.1) is 0 Å². The van der Waals surface area contributed by atoms with Gasteiger partial charge in [-0.3, -0.25) is 4.79 Å². The molecule has 2 aromatic carbocycles. The third-order valence-corrected chi connectivity index (χ3v) is 4.61. The number of carbonyl (C=O) groups is 1. The van der Waals surface area contributed by atoms with Crippen molar-refractivity contribution in [2.45, 2.75) is 31.1 Å². The second-order valence-electron chi connectivity index (χ2n) is 6.57. The highest BCUT2D eigenvalue weighted by Gasteiger charge is 2.30. The van der Waals surface area contributed by atoms with E-state index in [9.17, 15) is 14.4 Å². The molecule has 0 spiro atoms. The molecular formula is C21H19FN4O. The van der Waals surface area contributed by atoms with Crippen LogP contribution >= 0.6 is 0 Å². The quantitative estimate of drug-likeness (QED) is 0.855. The smallest absolute Gasteiger partial charge is 0.238 e. The molecule has 0 aliphatic carbocycles. The van der Waals surface area contributed by atoms with E-state index in [2.05, 4.69) is 22.8 Å². The summed E-state index contributed by atoms with van der Waals surface area (Å²) < 4.78 is 13.2. The van der Waals surface area contributed by atoms with Crippen molar-refractivity contribution in [2.75, 3.05) is 6.54 Å². The van der Waals surface area contributed by atoms with Crippen LogP contribution in [0.1, 0.15) is 17.5 Å². The van der Waals surface area contributed by atoms with E-state index in [-0.39, 0.29) is 18.9 Å². The maximum absolute atomic E-state index is 13.2. The van der Waals surface area contributed by atoms with E-state index in [1.807, 2.05) is 36.4 Å². The Morgan fingerprint density at radius 1 is 1.15 bits per heavy atom. The van der Waals surface area contributed by atoms with Gasteiger partial charge in [-0.25, -0.2) is 4.39 Å². The minimum absolute atomic E-state index is 0.142. The van der Waals surface area contributed by atoms with Gasteiger partial charge in [0, 0.05) is 19.4 Å². The number of benzene rings is 2. The maximum Gasteiger partial charge on any atom is 0.238 e. The lowest BCUT2D eigenvalue weighted by molar-refractivity contribution is -0.123. The Morgan fingerprint density at radius 2 is 1.78 bits per heavy atom. The number of hydrogen-bond donors (Lipinski definition) is 2. The number of nitrogens with one attached hydrogen (secondary N) is 2. The lowest BCUT2D eigenvalue weighted by atomic mass is 10.00. The molecule has 3 atom stereocenters. The number of nitriles is 2. The van der Waals surface area contributed by atoms with E-state index in [0.29, 0.717) is 12.0 Å². The monoisotopic (exact) mass is 362 g/mol. The highest BCUT2D eigenvalue weighted by atomic mass is 19.1. The number of rotatable bonds is 5. The van der Waals surface area contributed by atoms with Crippen LogP contribution in [0.4, 0.5) is 4.39 Å². The summed E-state index contributed by atoms with van der Waals surface area (Å²) in [4.78, 5) is 12.1.